The summed E-state index contributed by atoms with van der Waals surface area (Å²) >= 11 is 0. The lowest BCUT2D eigenvalue weighted by molar-refractivity contribution is -0.297. The molecule has 0 radical (unpaired) electrons. The summed E-state index contributed by atoms with van der Waals surface area (Å²) in [5.74, 6) is -5.80. The van der Waals surface area contributed by atoms with Crippen LogP contribution in [0.2, 0.25) is 0 Å². The number of ketones is 2. The second kappa shape index (κ2) is 24.6. The Morgan fingerprint density at radius 2 is 1.81 bits per heavy atom. The van der Waals surface area contributed by atoms with Crippen LogP contribution in [0.25, 0.3) is 0 Å². The van der Waals surface area contributed by atoms with Crippen LogP contribution in [0.3, 0.4) is 0 Å². The van der Waals surface area contributed by atoms with Gasteiger partial charge in [-0.15, -0.1) is 0 Å². The highest BCUT2D eigenvalue weighted by Gasteiger charge is 2.51. The van der Waals surface area contributed by atoms with Gasteiger partial charge in [-0.3, -0.25) is 19.4 Å². The van der Waals surface area contributed by atoms with Crippen LogP contribution in [0.1, 0.15) is 91.4 Å². The van der Waals surface area contributed by atoms with E-state index in [2.05, 4.69) is 22.8 Å². The molecular formula is C54H70N4O11. The summed E-state index contributed by atoms with van der Waals surface area (Å²) in [4.78, 5) is 81.1. The smallest absolute Gasteiger partial charge is 0.420 e. The van der Waals surface area contributed by atoms with Crippen LogP contribution in [0, 0.1) is 23.7 Å². The summed E-state index contributed by atoms with van der Waals surface area (Å²) in [5.41, 5.74) is -0.731. The second-order valence-corrected chi connectivity index (χ2v) is 19.0. The number of allylic oxidation sites excluding steroid dienone is 9. The van der Waals surface area contributed by atoms with Gasteiger partial charge in [0, 0.05) is 42.9 Å². The average Bonchev–Trinajstić information content (AvgIpc) is 3.87. The number of imidazole rings is 1. The van der Waals surface area contributed by atoms with Crippen LogP contribution in [-0.4, -0.2) is 120 Å². The molecule has 0 spiro atoms. The van der Waals surface area contributed by atoms with Gasteiger partial charge in [0.1, 0.15) is 18.3 Å². The lowest BCUT2D eigenvalue weighted by Crippen LogP contribution is -2.58. The fourth-order valence-corrected chi connectivity index (χ4v) is 9.41. The maximum atomic E-state index is 15.0. The maximum absolute atomic E-state index is 15.0. The van der Waals surface area contributed by atoms with Crippen molar-refractivity contribution in [3.63, 3.8) is 0 Å². The van der Waals surface area contributed by atoms with Gasteiger partial charge in [0.2, 0.25) is 0 Å². The molecule has 1 aliphatic carbocycles. The molecule has 372 valence electrons. The number of esters is 2. The predicted octanol–water partition coefficient (Wildman–Crippen LogP) is 8.63. The zero-order valence-corrected chi connectivity index (χ0v) is 41.7. The Morgan fingerprint density at radius 3 is 2.45 bits per heavy atom. The number of aromatic nitrogens is 2. The number of benzene rings is 1. The largest absolute Gasteiger partial charge is 0.457 e. The first-order valence-corrected chi connectivity index (χ1v) is 23.7. The monoisotopic (exact) mass is 951 g/mol. The van der Waals surface area contributed by atoms with Crippen molar-refractivity contribution in [1.29, 1.82) is 0 Å². The molecule has 1 aromatic carbocycles. The van der Waals surface area contributed by atoms with E-state index in [1.807, 2.05) is 56.3 Å². The molecule has 15 heteroatoms. The molecule has 69 heavy (non-hydrogen) atoms. The number of ether oxygens (including phenoxy) is 6. The normalized spacial score (nSPS) is 32.1. The van der Waals surface area contributed by atoms with E-state index in [-0.39, 0.29) is 42.8 Å². The van der Waals surface area contributed by atoms with Gasteiger partial charge in [0.25, 0.3) is 0 Å². The molecule has 3 heterocycles. The Kier molecular flexibility index (Phi) is 19.3. The number of hydrogen-bond donors (Lipinski definition) is 0. The zero-order valence-electron chi connectivity index (χ0n) is 41.7. The number of hydrogen-bond acceptors (Lipinski definition) is 14. The van der Waals surface area contributed by atoms with E-state index >= 15 is 0 Å². The van der Waals surface area contributed by atoms with Crippen LogP contribution in [0.15, 0.2) is 126 Å². The van der Waals surface area contributed by atoms with E-state index in [0.29, 0.717) is 18.5 Å². The van der Waals surface area contributed by atoms with Gasteiger partial charge in [0.05, 0.1) is 30.0 Å². The predicted molar refractivity (Wildman–Crippen MR) is 262 cm³/mol. The van der Waals surface area contributed by atoms with E-state index in [1.54, 1.807) is 84.2 Å². The summed E-state index contributed by atoms with van der Waals surface area (Å²) in [6.07, 6.45) is 16.7. The number of carbonyl (C=O) groups excluding carboxylic acids is 5. The highest BCUT2D eigenvalue weighted by Crippen LogP contribution is 2.39. The van der Waals surface area contributed by atoms with Gasteiger partial charge in [-0.2, -0.15) is 0 Å². The molecular weight excluding hydrogens is 881 g/mol. The number of Topliss-reactive ketones (excluding diaryl/α,β-unsaturated/α-hetero) is 2. The molecule has 0 amide bonds. The van der Waals surface area contributed by atoms with Crippen LogP contribution in [0.5, 0.6) is 0 Å². The summed E-state index contributed by atoms with van der Waals surface area (Å²) in [6, 6.07) is 8.63. The average molecular weight is 951 g/mol. The molecule has 1 aromatic heterocycles. The zero-order chi connectivity index (χ0) is 50.5. The Hall–Kier alpha value is -5.87. The van der Waals surface area contributed by atoms with Crippen LogP contribution in [-0.2, 0) is 42.8 Å². The van der Waals surface area contributed by atoms with Crippen molar-refractivity contribution >= 4 is 36.3 Å². The Labute approximate surface area is 407 Å². The van der Waals surface area contributed by atoms with Crippen LogP contribution >= 0.6 is 0 Å². The molecule has 0 bridgehead atoms. The fourth-order valence-electron chi connectivity index (χ4n) is 9.41. The van der Waals surface area contributed by atoms with Crippen molar-refractivity contribution in [1.82, 2.24) is 14.5 Å². The molecule has 15 nitrogen and oxygen atoms in total. The van der Waals surface area contributed by atoms with E-state index in [1.165, 1.54) is 31.7 Å². The Bertz CT molecular complexity index is 2310. The van der Waals surface area contributed by atoms with Crippen molar-refractivity contribution < 1.29 is 52.4 Å². The first-order valence-electron chi connectivity index (χ1n) is 23.7. The van der Waals surface area contributed by atoms with Crippen molar-refractivity contribution in [2.45, 2.75) is 123 Å². The van der Waals surface area contributed by atoms with Crippen molar-refractivity contribution in [3.8, 4) is 0 Å². The van der Waals surface area contributed by atoms with E-state index in [4.69, 9.17) is 28.4 Å². The van der Waals surface area contributed by atoms with Crippen molar-refractivity contribution in [2.24, 2.45) is 28.7 Å². The SMILES string of the molecule is C=N/C=C(/C=C/CO[C@]1(C)C[C@@H](C)C(=O)/C(C)=C/[C@](C)(OC(=O)n2ccnc2)[C@@H](CC)OC(=O)[C@H](C)C(=O)[C@H](C)[C@H]1O[C@@H]1O[C@H](C)C[C@H](CN(C)C)[C@H]1OC(=O)c1ccccc1)\C=C1\C=CC=CC1. The summed E-state index contributed by atoms with van der Waals surface area (Å²) < 4.78 is 40.1. The van der Waals surface area contributed by atoms with Crippen LogP contribution in [0.4, 0.5) is 4.79 Å². The first-order chi connectivity index (χ1) is 32.8. The molecule has 0 N–H and O–H groups in total. The third kappa shape index (κ3) is 14.3. The third-order valence-electron chi connectivity index (χ3n) is 12.8. The molecule has 2 aromatic rings. The van der Waals surface area contributed by atoms with E-state index in [9.17, 15) is 24.0 Å². The molecule has 3 aliphatic rings. The minimum atomic E-state index is -1.66. The number of carbonyl (C=O) groups is 5. The number of cyclic esters (lactones) is 1. The van der Waals surface area contributed by atoms with E-state index in [0.717, 1.165) is 22.1 Å². The highest BCUT2D eigenvalue weighted by molar-refractivity contribution is 6.00. The molecule has 1 fully saturated rings. The third-order valence-corrected chi connectivity index (χ3v) is 12.8. The van der Waals surface area contributed by atoms with Crippen LogP contribution < -0.4 is 0 Å². The molecule has 1 saturated heterocycles. The lowest BCUT2D eigenvalue weighted by atomic mass is 9.76. The van der Waals surface area contributed by atoms with E-state index < -0.39 is 77.4 Å². The number of aliphatic imine (C=N–C) groups is 1. The Balaban J connectivity index is 1.63. The minimum Gasteiger partial charge on any atom is -0.457 e. The summed E-state index contributed by atoms with van der Waals surface area (Å²) in [5, 5.41) is 0. The molecule has 2 aliphatic heterocycles. The van der Waals surface area contributed by atoms with Crippen molar-refractivity contribution in [2.75, 3.05) is 27.2 Å². The minimum absolute atomic E-state index is 0.00463. The maximum Gasteiger partial charge on any atom is 0.420 e. The lowest BCUT2D eigenvalue weighted by Gasteiger charge is -2.47. The summed E-state index contributed by atoms with van der Waals surface area (Å²) in [7, 11) is 3.86. The highest BCUT2D eigenvalue weighted by atomic mass is 16.7. The van der Waals surface area contributed by atoms with Gasteiger partial charge in [-0.1, -0.05) is 75.4 Å². The standard InChI is InChI=1S/C54H70N4O11/c1-12-44-53(7,69-52(63)58-26-25-56-34-58)30-35(2)45(59)36(3)31-54(8,64-27-19-22-41(32-55-9)29-40-20-15-13-16-21-40)48(38(5)46(60)39(6)49(61)66-44)68-51-47(43(33-57(10)11)28-37(4)65-51)67-50(62)42-23-17-14-18-24-42/h13-20,22-26,29-30,32,34,36-39,43-44,47-48,51H,9,12,21,27-28,31,33H2,1-8,10-11H3/b22-19+,35-30+,40-29-,41-32-/t36-,37-,38+,39-,43-,44-,47-,48-,51+,53+,54-/m1/s1. The van der Waals surface area contributed by atoms with Gasteiger partial charge >= 0.3 is 18.0 Å². The molecule has 0 unspecified atom stereocenters. The Morgan fingerprint density at radius 1 is 1.07 bits per heavy atom. The molecule has 11 atom stereocenters. The number of nitrogens with zero attached hydrogens (tertiary/aromatic N) is 4. The first kappa shape index (κ1) is 54.1. The van der Waals surface area contributed by atoms with Gasteiger partial charge in [-0.05, 0) is 122 Å². The molecule has 5 rings (SSSR count). The van der Waals surface area contributed by atoms with Gasteiger partial charge in [0.15, 0.2) is 29.6 Å². The van der Waals surface area contributed by atoms with Gasteiger partial charge < -0.3 is 33.3 Å². The summed E-state index contributed by atoms with van der Waals surface area (Å²) in [6.45, 7) is 17.6. The quantitative estimate of drug-likeness (QED) is 0.0580. The topological polar surface area (TPSA) is 174 Å². The second-order valence-electron chi connectivity index (χ2n) is 19.0. The number of rotatable bonds is 14. The van der Waals surface area contributed by atoms with Gasteiger partial charge in [-0.25, -0.2) is 19.1 Å². The molecule has 0 saturated carbocycles. The fraction of sp³-hybridized carbons (Fsp3) is 0.500. The van der Waals surface area contributed by atoms with Crippen molar-refractivity contribution in [3.05, 3.63) is 126 Å².